The summed E-state index contributed by atoms with van der Waals surface area (Å²) in [7, 11) is 0. The fourth-order valence-corrected chi connectivity index (χ4v) is 3.35. The van der Waals surface area contributed by atoms with Crippen molar-refractivity contribution in [3.05, 3.63) is 34.1 Å². The fourth-order valence-electron chi connectivity index (χ4n) is 2.83. The molecule has 2 atom stereocenters. The molecule has 0 aromatic heterocycles. The molecule has 94 valence electrons. The van der Waals surface area contributed by atoms with Crippen molar-refractivity contribution in [1.29, 1.82) is 0 Å². The van der Waals surface area contributed by atoms with Crippen LogP contribution in [0.5, 0.6) is 0 Å². The van der Waals surface area contributed by atoms with E-state index >= 15 is 0 Å². The lowest BCUT2D eigenvalue weighted by molar-refractivity contribution is 0.242. The van der Waals surface area contributed by atoms with E-state index in [-0.39, 0.29) is 5.82 Å². The maximum absolute atomic E-state index is 13.0. The lowest BCUT2D eigenvalue weighted by Gasteiger charge is -2.31. The number of halogens is 2. The van der Waals surface area contributed by atoms with Crippen LogP contribution in [0.25, 0.3) is 0 Å². The molecule has 17 heavy (non-hydrogen) atoms. The van der Waals surface area contributed by atoms with Gasteiger partial charge in [-0.3, -0.25) is 0 Å². The van der Waals surface area contributed by atoms with E-state index in [2.05, 4.69) is 15.9 Å². The van der Waals surface area contributed by atoms with Crippen molar-refractivity contribution < 1.29 is 4.39 Å². The molecule has 1 aromatic carbocycles. The van der Waals surface area contributed by atoms with Crippen molar-refractivity contribution in [3.63, 3.8) is 0 Å². The van der Waals surface area contributed by atoms with Crippen molar-refractivity contribution in [2.45, 2.75) is 32.1 Å². The van der Waals surface area contributed by atoms with Crippen LogP contribution in [0, 0.1) is 17.7 Å². The highest BCUT2D eigenvalue weighted by Gasteiger charge is 2.24. The molecule has 3 heteroatoms. The first-order chi connectivity index (χ1) is 8.20. The number of hydrogen-bond donors (Lipinski definition) is 1. The second-order valence-electron chi connectivity index (χ2n) is 4.98. The molecule has 1 saturated carbocycles. The molecule has 0 bridgehead atoms. The van der Waals surface area contributed by atoms with Gasteiger partial charge in [0.2, 0.25) is 0 Å². The van der Waals surface area contributed by atoms with Gasteiger partial charge in [0.15, 0.2) is 0 Å². The summed E-state index contributed by atoms with van der Waals surface area (Å²) in [6.07, 6.45) is 6.14. The Morgan fingerprint density at radius 2 is 1.94 bits per heavy atom. The van der Waals surface area contributed by atoms with Crippen LogP contribution >= 0.6 is 15.9 Å². The average molecular weight is 300 g/mol. The first-order valence-electron chi connectivity index (χ1n) is 6.34. The lowest BCUT2D eigenvalue weighted by Crippen LogP contribution is -2.28. The third-order valence-corrected chi connectivity index (χ3v) is 4.60. The Morgan fingerprint density at radius 3 is 2.59 bits per heavy atom. The molecule has 0 aliphatic heterocycles. The Labute approximate surface area is 111 Å². The maximum Gasteiger partial charge on any atom is 0.124 e. The van der Waals surface area contributed by atoms with Crippen LogP contribution in [-0.4, -0.2) is 6.54 Å². The third kappa shape index (κ3) is 3.29. The highest BCUT2D eigenvalue weighted by molar-refractivity contribution is 9.10. The second-order valence-corrected chi connectivity index (χ2v) is 5.83. The summed E-state index contributed by atoms with van der Waals surface area (Å²) in [6.45, 7) is 0.781. The van der Waals surface area contributed by atoms with Gasteiger partial charge < -0.3 is 5.73 Å². The monoisotopic (exact) mass is 299 g/mol. The highest BCUT2D eigenvalue weighted by atomic mass is 79.9. The van der Waals surface area contributed by atoms with Crippen LogP contribution in [-0.2, 0) is 6.42 Å². The van der Waals surface area contributed by atoms with Gasteiger partial charge in [0.25, 0.3) is 0 Å². The topological polar surface area (TPSA) is 26.0 Å². The summed E-state index contributed by atoms with van der Waals surface area (Å²) in [5, 5.41) is 0. The van der Waals surface area contributed by atoms with Crippen molar-refractivity contribution in [3.8, 4) is 0 Å². The van der Waals surface area contributed by atoms with E-state index in [1.807, 2.05) is 6.07 Å². The first kappa shape index (κ1) is 13.0. The van der Waals surface area contributed by atoms with Crippen molar-refractivity contribution in [1.82, 2.24) is 0 Å². The minimum Gasteiger partial charge on any atom is -0.330 e. The van der Waals surface area contributed by atoms with E-state index in [9.17, 15) is 4.39 Å². The molecule has 2 rings (SSSR count). The number of benzene rings is 1. The Balaban J connectivity index is 2.08. The minimum absolute atomic E-state index is 0.181. The van der Waals surface area contributed by atoms with E-state index in [1.54, 1.807) is 12.1 Å². The van der Waals surface area contributed by atoms with Gasteiger partial charge in [0.1, 0.15) is 5.82 Å². The van der Waals surface area contributed by atoms with Gasteiger partial charge >= 0.3 is 0 Å². The molecule has 1 nitrogen and oxygen atoms in total. The van der Waals surface area contributed by atoms with Crippen molar-refractivity contribution in [2.24, 2.45) is 17.6 Å². The quantitative estimate of drug-likeness (QED) is 0.900. The molecule has 2 unspecified atom stereocenters. The normalized spacial score (nSPS) is 24.9. The van der Waals surface area contributed by atoms with Gasteiger partial charge in [0.05, 0.1) is 0 Å². The van der Waals surface area contributed by atoms with E-state index < -0.39 is 0 Å². The molecule has 2 N–H and O–H groups in total. The summed E-state index contributed by atoms with van der Waals surface area (Å²) >= 11 is 3.44. The molecule has 0 spiro atoms. The Kier molecular flexibility index (Phi) is 4.57. The molecule has 1 aliphatic carbocycles. The zero-order valence-electron chi connectivity index (χ0n) is 9.96. The molecular formula is C14H19BrFN. The van der Waals surface area contributed by atoms with E-state index in [1.165, 1.54) is 31.2 Å². The maximum atomic E-state index is 13.0. The van der Waals surface area contributed by atoms with E-state index in [0.29, 0.717) is 11.8 Å². The first-order valence-corrected chi connectivity index (χ1v) is 7.14. The van der Waals surface area contributed by atoms with Crippen molar-refractivity contribution in [2.75, 3.05) is 6.54 Å². The van der Waals surface area contributed by atoms with Crippen LogP contribution in [0.1, 0.15) is 31.2 Å². The van der Waals surface area contributed by atoms with Gasteiger partial charge in [-0.2, -0.15) is 0 Å². The number of nitrogens with two attached hydrogens (primary N) is 1. The van der Waals surface area contributed by atoms with Gasteiger partial charge in [-0.05, 0) is 55.3 Å². The van der Waals surface area contributed by atoms with Crippen LogP contribution < -0.4 is 5.73 Å². The van der Waals surface area contributed by atoms with Gasteiger partial charge in [-0.1, -0.05) is 34.8 Å². The fraction of sp³-hybridized carbons (Fsp3) is 0.571. The zero-order chi connectivity index (χ0) is 12.3. The third-order valence-electron chi connectivity index (χ3n) is 3.87. The lowest BCUT2D eigenvalue weighted by atomic mass is 9.76. The predicted octanol–water partition coefficient (Wildman–Crippen LogP) is 3.90. The van der Waals surface area contributed by atoms with Crippen LogP contribution in [0.4, 0.5) is 4.39 Å². The average Bonchev–Trinajstić information content (AvgIpc) is 2.33. The van der Waals surface area contributed by atoms with E-state index in [4.69, 9.17) is 5.73 Å². The van der Waals surface area contributed by atoms with Gasteiger partial charge in [-0.15, -0.1) is 0 Å². The molecular weight excluding hydrogens is 281 g/mol. The summed E-state index contributed by atoms with van der Waals surface area (Å²) in [4.78, 5) is 0. The van der Waals surface area contributed by atoms with Gasteiger partial charge in [-0.25, -0.2) is 4.39 Å². The van der Waals surface area contributed by atoms with Crippen LogP contribution in [0.3, 0.4) is 0 Å². The standard InChI is InChI=1S/C14H19BrFN/c15-14-8-13(16)6-5-11(14)7-10-3-1-2-4-12(10)9-17/h5-6,8,10,12H,1-4,7,9,17H2. The molecule has 0 amide bonds. The van der Waals surface area contributed by atoms with Crippen LogP contribution in [0.15, 0.2) is 22.7 Å². The molecule has 1 aromatic rings. The number of rotatable bonds is 3. The Bertz CT molecular complexity index is 380. The number of hydrogen-bond acceptors (Lipinski definition) is 1. The predicted molar refractivity (Wildman–Crippen MR) is 72.3 cm³/mol. The highest BCUT2D eigenvalue weighted by Crippen LogP contribution is 2.33. The minimum atomic E-state index is -0.181. The largest absolute Gasteiger partial charge is 0.330 e. The van der Waals surface area contributed by atoms with Crippen molar-refractivity contribution >= 4 is 15.9 Å². The molecule has 0 heterocycles. The second kappa shape index (κ2) is 5.96. The Morgan fingerprint density at radius 1 is 1.24 bits per heavy atom. The SMILES string of the molecule is NCC1CCCCC1Cc1ccc(F)cc1Br. The van der Waals surface area contributed by atoms with Crippen LogP contribution in [0.2, 0.25) is 0 Å². The van der Waals surface area contributed by atoms with E-state index in [0.717, 1.165) is 17.4 Å². The van der Waals surface area contributed by atoms with Gasteiger partial charge in [0, 0.05) is 4.47 Å². The molecule has 0 radical (unpaired) electrons. The summed E-state index contributed by atoms with van der Waals surface area (Å²) in [5.41, 5.74) is 7.04. The smallest absolute Gasteiger partial charge is 0.124 e. The summed E-state index contributed by atoms with van der Waals surface area (Å²) in [5.74, 6) is 1.12. The zero-order valence-corrected chi connectivity index (χ0v) is 11.5. The summed E-state index contributed by atoms with van der Waals surface area (Å²) in [6, 6.07) is 4.98. The molecule has 1 fully saturated rings. The molecule has 0 saturated heterocycles. The summed E-state index contributed by atoms with van der Waals surface area (Å²) < 4.78 is 13.9. The Hall–Kier alpha value is -0.410. The molecule has 1 aliphatic rings.